The predicted molar refractivity (Wildman–Crippen MR) is 80.9 cm³/mol. The number of unbranched alkanes of at least 4 members (excludes halogenated alkanes) is 1. The fraction of sp³-hybridized carbons (Fsp3) is 0.600. The predicted octanol–water partition coefficient (Wildman–Crippen LogP) is 4.31. The highest BCUT2D eigenvalue weighted by atomic mass is 79.9. The Balaban J connectivity index is 2.14. The molecule has 0 aliphatic carbocycles. The van der Waals surface area contributed by atoms with E-state index in [9.17, 15) is 0 Å². The van der Waals surface area contributed by atoms with E-state index in [1.807, 2.05) is 6.07 Å². The summed E-state index contributed by atoms with van der Waals surface area (Å²) in [5, 5.41) is 3.52. The molecule has 1 rings (SSSR count). The fourth-order valence-electron chi connectivity index (χ4n) is 1.78. The van der Waals surface area contributed by atoms with Gasteiger partial charge in [-0.15, -0.1) is 0 Å². The van der Waals surface area contributed by atoms with Gasteiger partial charge in [0.25, 0.3) is 0 Å². The lowest BCUT2D eigenvalue weighted by Gasteiger charge is -2.15. The first-order chi connectivity index (χ1) is 8.75. The maximum atomic E-state index is 5.54. The molecule has 0 saturated heterocycles. The molecule has 0 saturated carbocycles. The monoisotopic (exact) mass is 313 g/mol. The minimum Gasteiger partial charge on any atom is -0.381 e. The van der Waals surface area contributed by atoms with Crippen molar-refractivity contribution in [2.24, 2.45) is 0 Å². The zero-order chi connectivity index (χ0) is 13.2. The SMILES string of the molecule is CCCCOCCCNC(C)c1ccccc1Br. The first-order valence-electron chi connectivity index (χ1n) is 6.81. The van der Waals surface area contributed by atoms with E-state index in [-0.39, 0.29) is 0 Å². The molecule has 2 nitrogen and oxygen atoms in total. The maximum absolute atomic E-state index is 5.54. The van der Waals surface area contributed by atoms with E-state index < -0.39 is 0 Å². The van der Waals surface area contributed by atoms with Crippen molar-refractivity contribution in [1.29, 1.82) is 0 Å². The minimum absolute atomic E-state index is 0.371. The Hall–Kier alpha value is -0.380. The van der Waals surface area contributed by atoms with Gasteiger partial charge < -0.3 is 10.1 Å². The standard InChI is InChI=1S/C15H24BrNO/c1-3-4-11-18-12-7-10-17-13(2)14-8-5-6-9-15(14)16/h5-6,8-9,13,17H,3-4,7,10-12H2,1-2H3. The Kier molecular flexibility index (Phi) is 8.31. The average molecular weight is 314 g/mol. The Labute approximate surface area is 119 Å². The van der Waals surface area contributed by atoms with Crippen molar-refractivity contribution in [3.8, 4) is 0 Å². The Bertz CT molecular complexity index is 330. The molecule has 102 valence electrons. The molecule has 18 heavy (non-hydrogen) atoms. The maximum Gasteiger partial charge on any atom is 0.0478 e. The molecule has 1 atom stereocenters. The van der Waals surface area contributed by atoms with E-state index in [4.69, 9.17) is 4.74 Å². The van der Waals surface area contributed by atoms with Crippen LogP contribution in [0.5, 0.6) is 0 Å². The molecule has 1 aromatic rings. The van der Waals surface area contributed by atoms with Gasteiger partial charge in [0.1, 0.15) is 0 Å². The van der Waals surface area contributed by atoms with Crippen LogP contribution in [0.15, 0.2) is 28.7 Å². The van der Waals surface area contributed by atoms with Gasteiger partial charge in [0, 0.05) is 23.7 Å². The summed E-state index contributed by atoms with van der Waals surface area (Å²) < 4.78 is 6.71. The normalized spacial score (nSPS) is 12.6. The second kappa shape index (κ2) is 9.54. The molecule has 0 bridgehead atoms. The smallest absolute Gasteiger partial charge is 0.0478 e. The first kappa shape index (κ1) is 15.7. The van der Waals surface area contributed by atoms with Crippen LogP contribution in [0.4, 0.5) is 0 Å². The molecule has 0 spiro atoms. The largest absolute Gasteiger partial charge is 0.381 e. The van der Waals surface area contributed by atoms with Crippen molar-refractivity contribution in [3.63, 3.8) is 0 Å². The highest BCUT2D eigenvalue weighted by molar-refractivity contribution is 9.10. The van der Waals surface area contributed by atoms with Gasteiger partial charge in [0.15, 0.2) is 0 Å². The summed E-state index contributed by atoms with van der Waals surface area (Å²) in [4.78, 5) is 0. The van der Waals surface area contributed by atoms with Crippen LogP contribution in [0.2, 0.25) is 0 Å². The Morgan fingerprint density at radius 2 is 1.94 bits per heavy atom. The van der Waals surface area contributed by atoms with Gasteiger partial charge in [-0.3, -0.25) is 0 Å². The van der Waals surface area contributed by atoms with Gasteiger partial charge >= 0.3 is 0 Å². The number of ether oxygens (including phenoxy) is 1. The van der Waals surface area contributed by atoms with E-state index in [1.54, 1.807) is 0 Å². The Morgan fingerprint density at radius 1 is 1.22 bits per heavy atom. The summed E-state index contributed by atoms with van der Waals surface area (Å²) in [5.74, 6) is 0. The number of halogens is 1. The molecule has 0 radical (unpaired) electrons. The summed E-state index contributed by atoms with van der Waals surface area (Å²) in [6.07, 6.45) is 3.44. The van der Waals surface area contributed by atoms with Crippen LogP contribution in [0.25, 0.3) is 0 Å². The van der Waals surface area contributed by atoms with Crippen LogP contribution in [0.1, 0.15) is 44.7 Å². The van der Waals surface area contributed by atoms with Gasteiger partial charge in [-0.1, -0.05) is 47.5 Å². The lowest BCUT2D eigenvalue weighted by Crippen LogP contribution is -2.21. The fourth-order valence-corrected chi connectivity index (χ4v) is 2.41. The van der Waals surface area contributed by atoms with Crippen molar-refractivity contribution >= 4 is 15.9 Å². The van der Waals surface area contributed by atoms with E-state index >= 15 is 0 Å². The second-order valence-electron chi connectivity index (χ2n) is 4.52. The molecule has 0 amide bonds. The average Bonchev–Trinajstić information content (AvgIpc) is 2.38. The number of hydrogen-bond donors (Lipinski definition) is 1. The van der Waals surface area contributed by atoms with Gasteiger partial charge in [-0.25, -0.2) is 0 Å². The number of rotatable bonds is 9. The van der Waals surface area contributed by atoms with Crippen LogP contribution < -0.4 is 5.32 Å². The molecule has 1 unspecified atom stereocenters. The zero-order valence-corrected chi connectivity index (χ0v) is 13.0. The van der Waals surface area contributed by atoms with Crippen LogP contribution in [-0.4, -0.2) is 19.8 Å². The van der Waals surface area contributed by atoms with Gasteiger partial charge in [-0.2, -0.15) is 0 Å². The summed E-state index contributed by atoms with van der Waals surface area (Å²) in [7, 11) is 0. The summed E-state index contributed by atoms with van der Waals surface area (Å²) in [5.41, 5.74) is 1.31. The Morgan fingerprint density at radius 3 is 2.67 bits per heavy atom. The highest BCUT2D eigenvalue weighted by Crippen LogP contribution is 2.22. The molecule has 0 aliphatic heterocycles. The topological polar surface area (TPSA) is 21.3 Å². The quantitative estimate of drug-likeness (QED) is 0.686. The summed E-state index contributed by atoms with van der Waals surface area (Å²) >= 11 is 3.58. The summed E-state index contributed by atoms with van der Waals surface area (Å²) in [6, 6.07) is 8.73. The first-order valence-corrected chi connectivity index (χ1v) is 7.60. The second-order valence-corrected chi connectivity index (χ2v) is 5.37. The van der Waals surface area contributed by atoms with E-state index in [2.05, 4.69) is 53.3 Å². The van der Waals surface area contributed by atoms with Crippen molar-refractivity contribution in [2.75, 3.05) is 19.8 Å². The lowest BCUT2D eigenvalue weighted by molar-refractivity contribution is 0.128. The third-order valence-electron chi connectivity index (χ3n) is 2.93. The van der Waals surface area contributed by atoms with Crippen LogP contribution in [-0.2, 0) is 4.74 Å². The molecule has 0 heterocycles. The number of hydrogen-bond acceptors (Lipinski definition) is 2. The summed E-state index contributed by atoms with van der Waals surface area (Å²) in [6.45, 7) is 7.13. The van der Waals surface area contributed by atoms with Crippen molar-refractivity contribution in [3.05, 3.63) is 34.3 Å². The van der Waals surface area contributed by atoms with Crippen LogP contribution in [0.3, 0.4) is 0 Å². The van der Waals surface area contributed by atoms with E-state index in [1.165, 1.54) is 22.9 Å². The molecule has 0 aromatic heterocycles. The lowest BCUT2D eigenvalue weighted by atomic mass is 10.1. The molecular formula is C15H24BrNO. The number of nitrogens with one attached hydrogen (secondary N) is 1. The van der Waals surface area contributed by atoms with Crippen LogP contribution in [0, 0.1) is 0 Å². The minimum atomic E-state index is 0.371. The molecule has 1 aromatic carbocycles. The van der Waals surface area contributed by atoms with Gasteiger partial charge in [0.2, 0.25) is 0 Å². The number of benzene rings is 1. The zero-order valence-electron chi connectivity index (χ0n) is 11.4. The van der Waals surface area contributed by atoms with Crippen LogP contribution >= 0.6 is 15.9 Å². The third kappa shape index (κ3) is 5.98. The van der Waals surface area contributed by atoms with Gasteiger partial charge in [-0.05, 0) is 37.9 Å². The van der Waals surface area contributed by atoms with Crippen molar-refractivity contribution in [2.45, 2.75) is 39.2 Å². The molecule has 3 heteroatoms. The molecule has 1 N–H and O–H groups in total. The molecule has 0 fully saturated rings. The van der Waals surface area contributed by atoms with E-state index in [0.717, 1.165) is 26.2 Å². The van der Waals surface area contributed by atoms with Crippen molar-refractivity contribution < 1.29 is 4.74 Å². The van der Waals surface area contributed by atoms with Gasteiger partial charge in [0.05, 0.1) is 0 Å². The van der Waals surface area contributed by atoms with E-state index in [0.29, 0.717) is 6.04 Å². The highest BCUT2D eigenvalue weighted by Gasteiger charge is 2.07. The third-order valence-corrected chi connectivity index (χ3v) is 3.65. The van der Waals surface area contributed by atoms with Crippen molar-refractivity contribution in [1.82, 2.24) is 5.32 Å². The molecular weight excluding hydrogens is 290 g/mol. The molecule has 0 aliphatic rings.